The van der Waals surface area contributed by atoms with Crippen molar-refractivity contribution in [2.45, 2.75) is 19.3 Å². The topological polar surface area (TPSA) is 32.8 Å². The van der Waals surface area contributed by atoms with Crippen LogP contribution in [0.2, 0.25) is 0 Å². The van der Waals surface area contributed by atoms with Crippen LogP contribution in [0, 0.1) is 5.92 Å². The monoisotopic (exact) mass is 300 g/mol. The normalized spacial score (nSPS) is 22.9. The van der Waals surface area contributed by atoms with E-state index in [-0.39, 0.29) is 5.91 Å². The Bertz CT molecular complexity index is 556. The van der Waals surface area contributed by atoms with Gasteiger partial charge in [-0.05, 0) is 37.3 Å². The van der Waals surface area contributed by atoms with Gasteiger partial charge in [-0.25, -0.2) is 0 Å². The number of ether oxygens (including phenoxy) is 1. The molecule has 118 valence electrons. The molecule has 1 aliphatic heterocycles. The molecule has 1 aromatic rings. The standard InChI is InChI=1S/C18H24N2O2/c1-22-17-9-5-8-16(12-17)20-11-10-19(14-18(20)21)13-15-6-3-2-4-7-15/h2-3,5,8-9,12,15H,4,6-7,10-11,13-14H2,1H3/t15-/m0/s1. The summed E-state index contributed by atoms with van der Waals surface area (Å²) >= 11 is 0. The van der Waals surface area contributed by atoms with Gasteiger partial charge in [-0.1, -0.05) is 18.2 Å². The number of carbonyl (C=O) groups excluding carboxylic acids is 1. The molecule has 4 nitrogen and oxygen atoms in total. The smallest absolute Gasteiger partial charge is 0.241 e. The Morgan fingerprint density at radius 3 is 2.91 bits per heavy atom. The van der Waals surface area contributed by atoms with Gasteiger partial charge >= 0.3 is 0 Å². The maximum absolute atomic E-state index is 12.5. The van der Waals surface area contributed by atoms with Crippen molar-refractivity contribution in [3.05, 3.63) is 36.4 Å². The molecule has 0 unspecified atom stereocenters. The predicted octanol–water partition coefficient (Wildman–Crippen LogP) is 2.70. The van der Waals surface area contributed by atoms with Gasteiger partial charge in [-0.15, -0.1) is 0 Å². The van der Waals surface area contributed by atoms with E-state index in [1.54, 1.807) is 7.11 Å². The lowest BCUT2D eigenvalue weighted by Crippen LogP contribution is -2.51. The zero-order chi connectivity index (χ0) is 15.4. The lowest BCUT2D eigenvalue weighted by molar-refractivity contribution is -0.121. The van der Waals surface area contributed by atoms with E-state index in [1.165, 1.54) is 12.8 Å². The highest BCUT2D eigenvalue weighted by molar-refractivity contribution is 5.95. The number of methoxy groups -OCH3 is 1. The molecule has 0 saturated carbocycles. The summed E-state index contributed by atoms with van der Waals surface area (Å²) in [5.74, 6) is 1.69. The molecule has 1 aliphatic carbocycles. The van der Waals surface area contributed by atoms with E-state index < -0.39 is 0 Å². The average Bonchev–Trinajstić information content (AvgIpc) is 2.56. The first-order valence-corrected chi connectivity index (χ1v) is 8.08. The van der Waals surface area contributed by atoms with Gasteiger partial charge in [0.2, 0.25) is 5.91 Å². The third kappa shape index (κ3) is 3.50. The number of allylic oxidation sites excluding steroid dienone is 2. The second-order valence-corrected chi connectivity index (χ2v) is 6.13. The van der Waals surface area contributed by atoms with E-state index in [1.807, 2.05) is 29.2 Å². The minimum Gasteiger partial charge on any atom is -0.497 e. The summed E-state index contributed by atoms with van der Waals surface area (Å²) < 4.78 is 5.25. The summed E-state index contributed by atoms with van der Waals surface area (Å²) in [7, 11) is 1.65. The van der Waals surface area contributed by atoms with Gasteiger partial charge in [0.25, 0.3) is 0 Å². The largest absolute Gasteiger partial charge is 0.497 e. The van der Waals surface area contributed by atoms with Crippen LogP contribution in [0.1, 0.15) is 19.3 Å². The summed E-state index contributed by atoms with van der Waals surface area (Å²) in [6.07, 6.45) is 8.14. The van der Waals surface area contributed by atoms with Crippen molar-refractivity contribution in [3.63, 3.8) is 0 Å². The molecule has 1 heterocycles. The number of carbonyl (C=O) groups is 1. The van der Waals surface area contributed by atoms with Crippen LogP contribution in [0.25, 0.3) is 0 Å². The molecule has 4 heteroatoms. The Morgan fingerprint density at radius 2 is 2.18 bits per heavy atom. The second-order valence-electron chi connectivity index (χ2n) is 6.13. The fourth-order valence-corrected chi connectivity index (χ4v) is 3.32. The van der Waals surface area contributed by atoms with Gasteiger partial charge in [-0.2, -0.15) is 0 Å². The summed E-state index contributed by atoms with van der Waals surface area (Å²) in [5.41, 5.74) is 0.935. The van der Waals surface area contributed by atoms with Crippen molar-refractivity contribution < 1.29 is 9.53 Å². The molecule has 0 radical (unpaired) electrons. The molecule has 1 saturated heterocycles. The molecule has 0 bridgehead atoms. The van der Waals surface area contributed by atoms with E-state index >= 15 is 0 Å². The fraction of sp³-hybridized carbons (Fsp3) is 0.500. The lowest BCUT2D eigenvalue weighted by atomic mass is 9.94. The number of nitrogens with zero attached hydrogens (tertiary/aromatic N) is 2. The van der Waals surface area contributed by atoms with E-state index in [4.69, 9.17) is 4.74 Å². The Kier molecular flexibility index (Phi) is 4.78. The van der Waals surface area contributed by atoms with Crippen molar-refractivity contribution in [1.82, 2.24) is 4.90 Å². The molecule has 3 rings (SSSR count). The van der Waals surface area contributed by atoms with Crippen LogP contribution in [0.5, 0.6) is 5.75 Å². The number of amides is 1. The number of benzene rings is 1. The van der Waals surface area contributed by atoms with Gasteiger partial charge in [0, 0.05) is 31.4 Å². The minimum atomic E-state index is 0.186. The quantitative estimate of drug-likeness (QED) is 0.802. The van der Waals surface area contributed by atoms with Gasteiger partial charge in [0.15, 0.2) is 0 Å². The van der Waals surface area contributed by atoms with Crippen molar-refractivity contribution in [1.29, 1.82) is 0 Å². The number of piperazine rings is 1. The van der Waals surface area contributed by atoms with Crippen LogP contribution in [0.4, 0.5) is 5.69 Å². The van der Waals surface area contributed by atoms with Gasteiger partial charge in [-0.3, -0.25) is 9.69 Å². The highest BCUT2D eigenvalue weighted by Crippen LogP contribution is 2.24. The average molecular weight is 300 g/mol. The number of hydrogen-bond donors (Lipinski definition) is 0. The molecule has 2 aliphatic rings. The maximum atomic E-state index is 12.5. The van der Waals surface area contributed by atoms with Crippen LogP contribution in [-0.4, -0.2) is 44.1 Å². The SMILES string of the molecule is COc1cccc(N2CCN(C[C@H]3CC=CCC3)CC2=O)c1. The molecule has 0 aromatic heterocycles. The van der Waals surface area contributed by atoms with Crippen LogP contribution in [0.3, 0.4) is 0 Å². The molecular formula is C18H24N2O2. The van der Waals surface area contributed by atoms with Crippen LogP contribution >= 0.6 is 0 Å². The predicted molar refractivity (Wildman–Crippen MR) is 88.3 cm³/mol. The third-order valence-electron chi connectivity index (χ3n) is 4.56. The van der Waals surface area contributed by atoms with Crippen LogP contribution in [0.15, 0.2) is 36.4 Å². The first-order chi connectivity index (χ1) is 10.8. The third-order valence-corrected chi connectivity index (χ3v) is 4.56. The Labute approximate surface area is 132 Å². The van der Waals surface area contributed by atoms with Gasteiger partial charge in [0.1, 0.15) is 5.75 Å². The molecule has 1 fully saturated rings. The van der Waals surface area contributed by atoms with Crippen molar-refractivity contribution in [2.24, 2.45) is 5.92 Å². The molecule has 22 heavy (non-hydrogen) atoms. The molecule has 1 aromatic carbocycles. The summed E-state index contributed by atoms with van der Waals surface area (Å²) in [6, 6.07) is 7.74. The Balaban J connectivity index is 1.59. The molecule has 0 spiro atoms. The summed E-state index contributed by atoms with van der Waals surface area (Å²) in [6.45, 7) is 3.27. The van der Waals surface area contributed by atoms with Crippen molar-refractivity contribution >= 4 is 11.6 Å². The van der Waals surface area contributed by atoms with E-state index in [9.17, 15) is 4.79 Å². The Hall–Kier alpha value is -1.81. The highest BCUT2D eigenvalue weighted by atomic mass is 16.5. The Morgan fingerprint density at radius 1 is 1.27 bits per heavy atom. The molecule has 0 N–H and O–H groups in total. The maximum Gasteiger partial charge on any atom is 0.241 e. The van der Waals surface area contributed by atoms with E-state index in [0.29, 0.717) is 12.5 Å². The number of rotatable bonds is 4. The second kappa shape index (κ2) is 6.97. The number of hydrogen-bond acceptors (Lipinski definition) is 3. The fourth-order valence-electron chi connectivity index (χ4n) is 3.32. The van der Waals surface area contributed by atoms with Gasteiger partial charge < -0.3 is 9.64 Å². The first-order valence-electron chi connectivity index (χ1n) is 8.08. The van der Waals surface area contributed by atoms with Gasteiger partial charge in [0.05, 0.1) is 13.7 Å². The zero-order valence-corrected chi connectivity index (χ0v) is 13.2. The van der Waals surface area contributed by atoms with Crippen LogP contribution in [-0.2, 0) is 4.79 Å². The lowest BCUT2D eigenvalue weighted by Gasteiger charge is -2.36. The highest BCUT2D eigenvalue weighted by Gasteiger charge is 2.26. The minimum absolute atomic E-state index is 0.186. The van der Waals surface area contributed by atoms with E-state index in [0.717, 1.165) is 37.5 Å². The molecular weight excluding hydrogens is 276 g/mol. The van der Waals surface area contributed by atoms with E-state index in [2.05, 4.69) is 17.1 Å². The van der Waals surface area contributed by atoms with Crippen molar-refractivity contribution in [3.8, 4) is 5.75 Å². The molecule has 1 atom stereocenters. The number of anilines is 1. The van der Waals surface area contributed by atoms with Crippen molar-refractivity contribution in [2.75, 3.05) is 38.2 Å². The first kappa shape index (κ1) is 15.1. The summed E-state index contributed by atoms with van der Waals surface area (Å²) in [5, 5.41) is 0. The molecule has 1 amide bonds. The zero-order valence-electron chi connectivity index (χ0n) is 13.2. The van der Waals surface area contributed by atoms with Crippen LogP contribution < -0.4 is 9.64 Å². The summed E-state index contributed by atoms with van der Waals surface area (Å²) in [4.78, 5) is 16.7.